The average Bonchev–Trinajstić information content (AvgIpc) is 2.71. The molecule has 0 fully saturated rings. The predicted octanol–water partition coefficient (Wildman–Crippen LogP) is 6.81. The quantitative estimate of drug-likeness (QED) is 0.0827. The normalized spacial score (nSPS) is 14.7. The first-order valence-electron chi connectivity index (χ1n) is 12.1. The van der Waals surface area contributed by atoms with Gasteiger partial charge in [-0.3, -0.25) is 9.05 Å². The Hall–Kier alpha value is -1.35. The van der Waals surface area contributed by atoms with E-state index in [0.717, 1.165) is 51.4 Å². The van der Waals surface area contributed by atoms with Gasteiger partial charge in [0.2, 0.25) is 12.6 Å². The van der Waals surface area contributed by atoms with Crippen LogP contribution >= 0.6 is 7.75 Å². The Morgan fingerprint density at radius 3 is 1.36 bits per heavy atom. The zero-order valence-electron chi connectivity index (χ0n) is 20.8. The van der Waals surface area contributed by atoms with Gasteiger partial charge in [0, 0.05) is 0 Å². The molecule has 0 aliphatic carbocycles. The molecule has 196 valence electrons. The van der Waals surface area contributed by atoms with Crippen molar-refractivity contribution in [3.05, 3.63) is 0 Å². The van der Waals surface area contributed by atoms with E-state index in [1.165, 1.54) is 39.5 Å². The Bertz CT molecular complexity index is 518. The highest BCUT2D eigenvalue weighted by Crippen LogP contribution is 2.42. The molecule has 2 unspecified atom stereocenters. The van der Waals surface area contributed by atoms with Crippen LogP contribution in [-0.2, 0) is 32.6 Å². The van der Waals surface area contributed by atoms with E-state index in [0.29, 0.717) is 0 Å². The van der Waals surface area contributed by atoms with Gasteiger partial charge in [-0.1, -0.05) is 78.1 Å². The van der Waals surface area contributed by atoms with Crippen molar-refractivity contribution in [2.24, 2.45) is 5.50 Å². The summed E-state index contributed by atoms with van der Waals surface area (Å²) < 4.78 is 41.7. The maximum atomic E-state index is 12.2. The minimum absolute atomic E-state index is 0.222. The van der Waals surface area contributed by atoms with E-state index >= 15 is 0 Å². The Labute approximate surface area is 198 Å². The van der Waals surface area contributed by atoms with Crippen molar-refractivity contribution in [1.82, 2.24) is 0 Å². The van der Waals surface area contributed by atoms with E-state index < -0.39 is 32.6 Å². The molecule has 0 heterocycles. The lowest BCUT2D eigenvalue weighted by Gasteiger charge is -2.21. The molecule has 0 aromatic rings. The molecule has 0 aliphatic heterocycles. The third-order valence-corrected chi connectivity index (χ3v) is 5.73. The van der Waals surface area contributed by atoms with Gasteiger partial charge in [-0.15, -0.1) is 0 Å². The second-order valence-electron chi connectivity index (χ2n) is 7.85. The molecule has 0 rings (SSSR count). The summed E-state index contributed by atoms with van der Waals surface area (Å²) in [5.74, 6) is 0. The van der Waals surface area contributed by atoms with Gasteiger partial charge in [-0.2, -0.15) is 0 Å². The Morgan fingerprint density at radius 1 is 0.667 bits per heavy atom. The number of hydrogen-bond donors (Lipinski definition) is 1. The molecule has 10 nitrogen and oxygen atoms in total. The van der Waals surface area contributed by atoms with Crippen LogP contribution in [0.5, 0.6) is 0 Å². The molecule has 0 saturated heterocycles. The van der Waals surface area contributed by atoms with Crippen LogP contribution in [0.25, 0.3) is 0 Å². The van der Waals surface area contributed by atoms with Gasteiger partial charge < -0.3 is 18.9 Å². The number of rotatable bonds is 20. The lowest BCUT2D eigenvalue weighted by molar-refractivity contribution is -0.0859. The van der Waals surface area contributed by atoms with Crippen molar-refractivity contribution < 1.29 is 42.1 Å². The van der Waals surface area contributed by atoms with E-state index in [9.17, 15) is 14.2 Å². The van der Waals surface area contributed by atoms with Crippen LogP contribution in [0.2, 0.25) is 0 Å². The molecule has 0 spiro atoms. The molecular weight excluding hydrogens is 453 g/mol. The first-order valence-corrected chi connectivity index (χ1v) is 13.7. The van der Waals surface area contributed by atoms with Gasteiger partial charge >= 0.3 is 20.1 Å². The monoisotopic (exact) mass is 497 g/mol. The third-order valence-electron chi connectivity index (χ3n) is 4.55. The predicted molar refractivity (Wildman–Crippen MR) is 125 cm³/mol. The minimum atomic E-state index is -4.18. The van der Waals surface area contributed by atoms with Crippen molar-refractivity contribution >= 4 is 20.1 Å². The summed E-state index contributed by atoms with van der Waals surface area (Å²) in [4.78, 5) is 23.3. The van der Waals surface area contributed by atoms with Crippen LogP contribution in [-0.4, -0.2) is 38.1 Å². The van der Waals surface area contributed by atoms with E-state index in [-0.39, 0.29) is 13.2 Å². The van der Waals surface area contributed by atoms with E-state index in [4.69, 9.17) is 33.5 Å². The van der Waals surface area contributed by atoms with Gasteiger partial charge in [-0.05, 0) is 26.7 Å². The highest BCUT2D eigenvalue weighted by molar-refractivity contribution is 7.51. The molecule has 0 aromatic carbocycles. The van der Waals surface area contributed by atoms with Crippen LogP contribution in [0, 0.1) is 0 Å². The molecule has 33 heavy (non-hydrogen) atoms. The number of ether oxygens (including phenoxy) is 4. The fraction of sp³-hybridized carbons (Fsp3) is 0.909. The van der Waals surface area contributed by atoms with Gasteiger partial charge in [0.1, 0.15) is 0 Å². The molecule has 0 aromatic heterocycles. The van der Waals surface area contributed by atoms with Crippen LogP contribution < -0.4 is 5.50 Å². The summed E-state index contributed by atoms with van der Waals surface area (Å²) >= 11 is 0. The van der Waals surface area contributed by atoms with Gasteiger partial charge in [0.15, 0.2) is 0 Å². The third kappa shape index (κ3) is 21.0. The first-order chi connectivity index (χ1) is 15.7. The maximum absolute atomic E-state index is 12.2. The molecule has 0 amide bonds. The summed E-state index contributed by atoms with van der Waals surface area (Å²) in [6.45, 7) is 7.37. The van der Waals surface area contributed by atoms with Crippen molar-refractivity contribution in [3.8, 4) is 0 Å². The van der Waals surface area contributed by atoms with Crippen molar-refractivity contribution in [2.45, 2.75) is 117 Å². The first kappa shape index (κ1) is 31.6. The smallest absolute Gasteiger partial charge is 0.434 e. The van der Waals surface area contributed by atoms with Crippen molar-refractivity contribution in [2.75, 3.05) is 13.2 Å². The van der Waals surface area contributed by atoms with Crippen molar-refractivity contribution in [1.29, 1.82) is 0 Å². The molecule has 2 N–H and O–H groups in total. The Morgan fingerprint density at radius 2 is 1.00 bits per heavy atom. The molecule has 0 saturated carbocycles. The van der Waals surface area contributed by atoms with E-state index in [1.807, 2.05) is 0 Å². The number of nitrogens with two attached hydrogens (primary N) is 1. The molecule has 2 atom stereocenters. The van der Waals surface area contributed by atoms with Gasteiger partial charge in [0.05, 0.1) is 13.2 Å². The minimum Gasteiger partial charge on any atom is -0.434 e. The molecule has 0 aliphatic rings. The number of carbonyl (C=O) groups excluding carboxylic acids is 2. The van der Waals surface area contributed by atoms with Crippen LogP contribution in [0.3, 0.4) is 0 Å². The Balaban J connectivity index is 3.98. The van der Waals surface area contributed by atoms with Crippen LogP contribution in [0.1, 0.15) is 105 Å². The van der Waals surface area contributed by atoms with Crippen LogP contribution in [0.15, 0.2) is 0 Å². The topological polar surface area (TPSA) is 133 Å². The molecule has 0 radical (unpaired) electrons. The molecule has 11 heteroatoms. The van der Waals surface area contributed by atoms with E-state index in [1.54, 1.807) is 0 Å². The van der Waals surface area contributed by atoms with Gasteiger partial charge in [0.25, 0.3) is 0 Å². The van der Waals surface area contributed by atoms with Crippen LogP contribution in [0.4, 0.5) is 9.59 Å². The summed E-state index contributed by atoms with van der Waals surface area (Å²) in [5, 5.41) is 0. The zero-order chi connectivity index (χ0) is 25.0. The average molecular weight is 498 g/mol. The fourth-order valence-electron chi connectivity index (χ4n) is 2.90. The fourth-order valence-corrected chi connectivity index (χ4v) is 3.86. The summed E-state index contributed by atoms with van der Waals surface area (Å²) in [6.07, 6.45) is 8.14. The highest BCUT2D eigenvalue weighted by atomic mass is 31.2. The number of unbranched alkanes of at least 4 members (excludes halogenated alkanes) is 10. The van der Waals surface area contributed by atoms with Crippen molar-refractivity contribution in [3.63, 3.8) is 0 Å². The summed E-state index contributed by atoms with van der Waals surface area (Å²) in [7, 11) is -4.18. The summed E-state index contributed by atoms with van der Waals surface area (Å²) in [6, 6.07) is 0. The SMILES string of the molecule is CCCCCCCCOC(=O)OC(C)OP(N)(=O)OC(C)OC(=O)OCCCCCCCC. The van der Waals surface area contributed by atoms with E-state index in [2.05, 4.69) is 13.8 Å². The molecular formula is C22H44NO9P. The lowest BCUT2D eigenvalue weighted by Crippen LogP contribution is -2.24. The lowest BCUT2D eigenvalue weighted by atomic mass is 10.1. The maximum Gasteiger partial charge on any atom is 0.510 e. The molecule has 0 bridgehead atoms. The standard InChI is InChI=1S/C22H44NO9P/c1-5-7-9-11-13-15-17-27-21(24)29-19(3)31-33(23,26)32-20(4)30-22(25)28-18-16-14-12-10-8-6-2/h19-20H,5-18H2,1-4H3,(H2,23,26). The second kappa shape index (κ2) is 20.1. The number of carbonyl (C=O) groups is 2. The second-order valence-corrected chi connectivity index (χ2v) is 9.36. The van der Waals surface area contributed by atoms with Gasteiger partial charge in [-0.25, -0.2) is 19.7 Å². The highest BCUT2D eigenvalue weighted by Gasteiger charge is 2.29. The largest absolute Gasteiger partial charge is 0.510 e. The zero-order valence-corrected chi connectivity index (χ0v) is 21.6. The number of hydrogen-bond acceptors (Lipinski definition) is 9. The Kier molecular flexibility index (Phi) is 19.2. The summed E-state index contributed by atoms with van der Waals surface area (Å²) in [5.41, 5.74) is 5.48.